The van der Waals surface area contributed by atoms with E-state index in [2.05, 4.69) is 62.5 Å². The van der Waals surface area contributed by atoms with Crippen LogP contribution in [0.15, 0.2) is 231 Å². The molecule has 0 spiro atoms. The molecule has 0 atom stereocenters. The van der Waals surface area contributed by atoms with Crippen LogP contribution in [0, 0.1) is 56.7 Å². The molecule has 0 fully saturated rings. The smallest absolute Gasteiger partial charge is 0.255 e. The predicted molar refractivity (Wildman–Crippen MR) is 433 cm³/mol. The molecule has 0 aliphatic heterocycles. The zero-order valence-electron chi connectivity index (χ0n) is 66.4. The quantitative estimate of drug-likeness (QED) is 0.0775. The van der Waals surface area contributed by atoms with Gasteiger partial charge in [0.25, 0.3) is 0 Å². The van der Waals surface area contributed by atoms with Gasteiger partial charge in [0.2, 0.25) is 0 Å². The number of nitriles is 5. The Kier molecular flexibility index (Phi) is 35.9. The molecule has 15 aromatic rings. The first-order chi connectivity index (χ1) is 57.2. The van der Waals surface area contributed by atoms with E-state index < -0.39 is 31.2 Å². The summed E-state index contributed by atoms with van der Waals surface area (Å²) in [6, 6.07) is 76.1. The summed E-state index contributed by atoms with van der Waals surface area (Å²) in [5.41, 5.74) is 17.1. The van der Waals surface area contributed by atoms with E-state index in [-0.39, 0.29) is 39.0 Å². The van der Waals surface area contributed by atoms with Gasteiger partial charge in [0.1, 0.15) is 45.6 Å². The van der Waals surface area contributed by atoms with E-state index in [0.717, 1.165) is 113 Å². The van der Waals surface area contributed by atoms with Gasteiger partial charge in [-0.25, -0.2) is 39.9 Å². The molecule has 4 aromatic carbocycles. The number of fused-ring (bicyclic) bond motifs is 4. The molecule has 11 aromatic heterocycles. The number of nitrogens with zero attached hydrogens (tertiary/aromatic N) is 21. The molecule has 15 rings (SSSR count). The predicted octanol–water partition coefficient (Wildman–Crippen LogP) is 29.3. The number of imidazole rings is 4. The van der Waals surface area contributed by atoms with Crippen molar-refractivity contribution in [1.82, 2.24) is 78.1 Å². The number of halogens is 24. The van der Waals surface area contributed by atoms with Gasteiger partial charge in [0, 0.05) is 87.6 Å². The van der Waals surface area contributed by atoms with Crippen LogP contribution < -0.4 is 0 Å². The molecule has 678 valence electrons. The second-order valence-electron chi connectivity index (χ2n) is 24.2. The summed E-state index contributed by atoms with van der Waals surface area (Å²) in [4.78, 5) is 56.8. The Labute approximate surface area is 731 Å². The van der Waals surface area contributed by atoms with Crippen LogP contribution in [0.2, 0.25) is 0 Å². The van der Waals surface area contributed by atoms with Crippen LogP contribution in [0.25, 0.3) is 136 Å². The fraction of sp³-hybridized carbons (Fsp3) is 0.118. The van der Waals surface area contributed by atoms with Gasteiger partial charge in [0.15, 0.2) is 23.3 Å². The maximum absolute atomic E-state index is 10.7. The van der Waals surface area contributed by atoms with Gasteiger partial charge < -0.3 is 18.3 Å². The molecule has 51 heteroatoms. The number of aryl methyl sites for hydroxylation is 4. The summed E-state index contributed by atoms with van der Waals surface area (Å²) >= 11 is 0. The normalized spacial score (nSPS) is 12.6. The van der Waals surface area contributed by atoms with E-state index in [1.54, 1.807) is 55.1 Å². The third kappa shape index (κ3) is 43.8. The molecule has 0 bridgehead atoms. The molecule has 0 N–H and O–H groups in total. The summed E-state index contributed by atoms with van der Waals surface area (Å²) < 4.78 is 245. The van der Waals surface area contributed by atoms with Gasteiger partial charge in [-0.05, 0) is 121 Å². The second kappa shape index (κ2) is 41.3. The van der Waals surface area contributed by atoms with Crippen LogP contribution in [0.4, 0.5) is 101 Å². The van der Waals surface area contributed by atoms with Gasteiger partial charge in [-0.1, -0.05) is 84.9 Å². The van der Waals surface area contributed by atoms with Crippen molar-refractivity contribution in [3.05, 3.63) is 231 Å². The Morgan fingerprint density at radius 3 is 0.496 bits per heavy atom. The van der Waals surface area contributed by atoms with E-state index in [1.165, 1.54) is 34.6 Å². The van der Waals surface area contributed by atoms with Gasteiger partial charge in [0.05, 0.1) is 97.3 Å². The van der Waals surface area contributed by atoms with Crippen molar-refractivity contribution in [2.45, 2.75) is 34.6 Å². The van der Waals surface area contributed by atoms with E-state index in [4.69, 9.17) is 66.2 Å². The second-order valence-corrected chi connectivity index (χ2v) is 31.8. The van der Waals surface area contributed by atoms with Crippen LogP contribution in [0.5, 0.6) is 0 Å². The first-order valence-electron chi connectivity index (χ1n) is 34.2. The molecule has 127 heavy (non-hydrogen) atoms. The summed E-state index contributed by atoms with van der Waals surface area (Å²) in [5.74, 6) is 3.41. The fourth-order valence-corrected chi connectivity index (χ4v) is 10.0. The standard InChI is InChI=1S/C24H16N6.2C21H17N5.5C2H3N.4F6P.2Ru/c1-5-13-25-17(9-1)21-22(18-10-2-6-14-26-18)30-24(20-12-4-8-16-28-20)23(29-21)19-11-3-7-15-27-19;2*1-25-18-12-5-3-8-14(18)23-20(25)16-10-7-11-17(22-16)21-24-15-9-4-6-13-19(15)26(21)2;5*1-2-3;4*1-7(2,3,4,5)6;;/h1-16H;2*3-13H,1-2H3;5*1H3;;;;;;/q;;;;;;;;4*-1;2*+2. The molecule has 0 aliphatic rings. The molecule has 0 aliphatic carbocycles. The van der Waals surface area contributed by atoms with Crippen LogP contribution >= 0.6 is 31.2 Å². The number of hydrogen-bond acceptors (Lipinski definition) is 17. The summed E-state index contributed by atoms with van der Waals surface area (Å²) in [6.45, 7) is 7.15. The number of pyridine rings is 6. The van der Waals surface area contributed by atoms with Crippen molar-refractivity contribution in [3.63, 3.8) is 0 Å². The Morgan fingerprint density at radius 1 is 0.213 bits per heavy atom. The fourth-order valence-electron chi connectivity index (χ4n) is 10.0. The number of rotatable bonds is 8. The van der Waals surface area contributed by atoms with Crippen molar-refractivity contribution in [3.8, 4) is 122 Å². The Morgan fingerprint density at radius 2 is 0.354 bits per heavy atom. The Bertz CT molecular complexity index is 5600. The third-order valence-corrected chi connectivity index (χ3v) is 14.1. The molecule has 21 nitrogen and oxygen atoms in total. The molecular weight excluding hydrogens is 1990 g/mol. The van der Waals surface area contributed by atoms with Crippen molar-refractivity contribution < 1.29 is 140 Å². The number of benzene rings is 4. The van der Waals surface area contributed by atoms with Crippen molar-refractivity contribution in [1.29, 1.82) is 26.3 Å². The zero-order chi connectivity index (χ0) is 94.7. The maximum atomic E-state index is 9.87. The van der Waals surface area contributed by atoms with E-state index in [0.29, 0.717) is 22.8 Å². The van der Waals surface area contributed by atoms with Gasteiger partial charge >= 0.3 is 171 Å². The number of aromatic nitrogens is 16. The van der Waals surface area contributed by atoms with Crippen LogP contribution in [0.3, 0.4) is 0 Å². The van der Waals surface area contributed by atoms with E-state index >= 15 is 0 Å². The summed E-state index contributed by atoms with van der Waals surface area (Å²) in [7, 11) is -34.5. The van der Waals surface area contributed by atoms with Crippen molar-refractivity contribution >= 4 is 75.4 Å². The molecular formula is C76H65F24N21P4Ru2. The summed E-state index contributed by atoms with van der Waals surface area (Å²) in [5, 5.41) is 36.6. The molecule has 0 unspecified atom stereocenters. The first kappa shape index (κ1) is 111. The van der Waals surface area contributed by atoms with Crippen LogP contribution in [-0.2, 0) is 67.1 Å². The first-order valence-corrected chi connectivity index (χ1v) is 42.3. The van der Waals surface area contributed by atoms with E-state index in [9.17, 15) is 101 Å². The Hall–Kier alpha value is -12.5. The molecule has 0 saturated carbocycles. The number of para-hydroxylation sites is 8. The SMILES string of the molecule is CC#N.CC#N.CC#N.CC#N.CC#N.Cn1c(-c2cccc(-c3nc4ccccc4n3C)n2)nc2ccccc21.Cn1c(-c2cccc(-c3nc4ccccc4n3C)n2)nc2ccccc21.F[P-](F)(F)(F)(F)F.F[P-](F)(F)(F)(F)F.F[P-](F)(F)(F)(F)F.F[P-](F)(F)(F)(F)F.[Ru+2].[Ru+2].c1ccc(-c2nc(-c3ccccn3)c(-c3ccccn3)nc2-c2ccccn2)nc1. The summed E-state index contributed by atoms with van der Waals surface area (Å²) in [6.07, 6.45) is 6.97. The van der Waals surface area contributed by atoms with Gasteiger partial charge in [-0.15, -0.1) is 0 Å². The minimum absolute atomic E-state index is 0. The minimum atomic E-state index is -10.7. The van der Waals surface area contributed by atoms with E-state index in [1.807, 2.05) is 210 Å². The topological polar surface area (TPSA) is 293 Å². The monoisotopic (exact) mass is 2060 g/mol. The zero-order valence-corrected chi connectivity index (χ0v) is 73.5. The van der Waals surface area contributed by atoms with Crippen LogP contribution in [0.1, 0.15) is 34.6 Å². The minimum Gasteiger partial charge on any atom is -0.255 e. The Balaban J connectivity index is 0.000000523. The van der Waals surface area contributed by atoms with Crippen molar-refractivity contribution in [2.75, 3.05) is 0 Å². The van der Waals surface area contributed by atoms with Crippen molar-refractivity contribution in [2.24, 2.45) is 28.2 Å². The maximum Gasteiger partial charge on any atom is 2.00 e. The average molecular weight is 2050 g/mol. The molecule has 11 heterocycles. The molecule has 0 radical (unpaired) electrons. The van der Waals surface area contributed by atoms with Crippen LogP contribution in [-0.4, -0.2) is 78.1 Å². The molecule has 0 amide bonds. The number of hydrogen-bond donors (Lipinski definition) is 0. The average Bonchev–Trinajstić information content (AvgIpc) is 1.75. The largest absolute Gasteiger partial charge is 2.00 e. The molecule has 0 saturated heterocycles. The van der Waals surface area contributed by atoms with Gasteiger partial charge in [-0.2, -0.15) is 26.3 Å². The van der Waals surface area contributed by atoms with Gasteiger partial charge in [-0.3, -0.25) is 19.9 Å². The third-order valence-electron chi connectivity index (χ3n) is 14.1.